The summed E-state index contributed by atoms with van der Waals surface area (Å²) < 4.78 is 36.8. The van der Waals surface area contributed by atoms with Crippen molar-refractivity contribution in [3.63, 3.8) is 0 Å². The molecular weight excluding hydrogens is 225 g/mol. The zero-order valence-electron chi connectivity index (χ0n) is 8.28. The summed E-state index contributed by atoms with van der Waals surface area (Å²) in [4.78, 5) is 9.80. The van der Waals surface area contributed by atoms with Crippen molar-refractivity contribution >= 4 is 5.69 Å². The van der Waals surface area contributed by atoms with E-state index in [9.17, 15) is 23.3 Å². The topological polar surface area (TPSA) is 69.2 Å². The molecule has 0 spiro atoms. The van der Waals surface area contributed by atoms with E-state index in [0.29, 0.717) is 0 Å². The van der Waals surface area contributed by atoms with E-state index in [4.69, 9.17) is 5.73 Å². The number of nitro benzene ring substituents is 1. The number of hydrogen-bond donors (Lipinski definition) is 1. The molecule has 0 radical (unpaired) electrons. The molecule has 1 unspecified atom stereocenters. The normalized spacial score (nSPS) is 13.6. The molecule has 0 aromatic heterocycles. The van der Waals surface area contributed by atoms with Crippen LogP contribution in [0.15, 0.2) is 18.2 Å². The van der Waals surface area contributed by atoms with Gasteiger partial charge in [-0.2, -0.15) is 13.2 Å². The van der Waals surface area contributed by atoms with Gasteiger partial charge in [0.1, 0.15) is 6.04 Å². The molecule has 16 heavy (non-hydrogen) atoms. The third-order valence-electron chi connectivity index (χ3n) is 2.13. The average Bonchev–Trinajstić information content (AvgIpc) is 2.14. The highest BCUT2D eigenvalue weighted by molar-refractivity contribution is 5.42. The van der Waals surface area contributed by atoms with Crippen molar-refractivity contribution in [2.24, 2.45) is 5.73 Å². The Hall–Kier alpha value is -1.63. The van der Waals surface area contributed by atoms with Crippen LogP contribution in [0.3, 0.4) is 0 Å². The summed E-state index contributed by atoms with van der Waals surface area (Å²) in [6, 6.07) is 1.00. The van der Waals surface area contributed by atoms with Gasteiger partial charge >= 0.3 is 6.18 Å². The Balaban J connectivity index is 3.11. The van der Waals surface area contributed by atoms with Crippen molar-refractivity contribution in [3.05, 3.63) is 39.4 Å². The minimum atomic E-state index is -4.55. The van der Waals surface area contributed by atoms with Gasteiger partial charge in [-0.3, -0.25) is 10.1 Å². The molecule has 1 rings (SSSR count). The highest BCUT2D eigenvalue weighted by atomic mass is 19.4. The van der Waals surface area contributed by atoms with Gasteiger partial charge in [-0.25, -0.2) is 0 Å². The van der Waals surface area contributed by atoms with Crippen LogP contribution in [0.4, 0.5) is 18.9 Å². The van der Waals surface area contributed by atoms with Crippen molar-refractivity contribution < 1.29 is 18.1 Å². The predicted octanol–water partition coefficient (Wildman–Crippen LogP) is 2.47. The maximum Gasteiger partial charge on any atom is 0.407 e. The average molecular weight is 234 g/mol. The SMILES string of the molecule is Cc1cc(C(N)C(F)(F)F)ccc1[N+](=O)[O-]. The molecule has 0 heterocycles. The molecule has 0 fully saturated rings. The molecule has 0 saturated carbocycles. The fourth-order valence-corrected chi connectivity index (χ4v) is 1.27. The van der Waals surface area contributed by atoms with E-state index < -0.39 is 17.1 Å². The number of nitrogens with zero attached hydrogens (tertiary/aromatic N) is 1. The van der Waals surface area contributed by atoms with Crippen LogP contribution < -0.4 is 5.73 Å². The van der Waals surface area contributed by atoms with E-state index in [0.717, 1.165) is 18.2 Å². The van der Waals surface area contributed by atoms with E-state index in [1.54, 1.807) is 0 Å². The number of aryl methyl sites for hydroxylation is 1. The molecule has 0 aliphatic heterocycles. The Bertz CT molecular complexity index is 418. The van der Waals surface area contributed by atoms with Crippen molar-refractivity contribution in [1.82, 2.24) is 0 Å². The summed E-state index contributed by atoms with van der Waals surface area (Å²) >= 11 is 0. The van der Waals surface area contributed by atoms with Gasteiger partial charge in [0, 0.05) is 11.6 Å². The van der Waals surface area contributed by atoms with Crippen molar-refractivity contribution in [2.45, 2.75) is 19.1 Å². The number of alkyl halides is 3. The third kappa shape index (κ3) is 2.48. The molecule has 0 saturated heterocycles. The number of benzene rings is 1. The molecule has 88 valence electrons. The highest BCUT2D eigenvalue weighted by Gasteiger charge is 2.38. The second kappa shape index (κ2) is 4.09. The van der Waals surface area contributed by atoms with E-state index in [1.807, 2.05) is 0 Å². The predicted molar refractivity (Wildman–Crippen MR) is 50.8 cm³/mol. The molecule has 0 bridgehead atoms. The van der Waals surface area contributed by atoms with Gasteiger partial charge in [0.2, 0.25) is 0 Å². The zero-order valence-corrected chi connectivity index (χ0v) is 8.28. The summed E-state index contributed by atoms with van der Waals surface area (Å²) in [5.74, 6) is 0. The number of nitro groups is 1. The first-order valence-electron chi connectivity index (χ1n) is 4.30. The van der Waals surface area contributed by atoms with Gasteiger partial charge in [-0.15, -0.1) is 0 Å². The summed E-state index contributed by atoms with van der Waals surface area (Å²) in [5, 5.41) is 10.5. The maximum absolute atomic E-state index is 12.3. The largest absolute Gasteiger partial charge is 0.407 e. The summed E-state index contributed by atoms with van der Waals surface area (Å²) in [5.41, 5.74) is 4.72. The number of hydrogen-bond acceptors (Lipinski definition) is 3. The van der Waals surface area contributed by atoms with Crippen molar-refractivity contribution in [3.8, 4) is 0 Å². The van der Waals surface area contributed by atoms with Gasteiger partial charge in [0.05, 0.1) is 4.92 Å². The second-order valence-electron chi connectivity index (χ2n) is 3.32. The van der Waals surface area contributed by atoms with Gasteiger partial charge in [-0.1, -0.05) is 6.07 Å². The minimum Gasteiger partial charge on any atom is -0.316 e. The Morgan fingerprint density at radius 1 is 1.44 bits per heavy atom. The van der Waals surface area contributed by atoms with E-state index in [2.05, 4.69) is 0 Å². The zero-order chi connectivity index (χ0) is 12.5. The molecule has 0 amide bonds. The molecule has 1 aromatic carbocycles. The monoisotopic (exact) mass is 234 g/mol. The fourth-order valence-electron chi connectivity index (χ4n) is 1.27. The Morgan fingerprint density at radius 3 is 2.38 bits per heavy atom. The molecule has 4 nitrogen and oxygen atoms in total. The van der Waals surface area contributed by atoms with Crippen LogP contribution in [-0.2, 0) is 0 Å². The van der Waals surface area contributed by atoms with Gasteiger partial charge in [-0.05, 0) is 18.6 Å². The van der Waals surface area contributed by atoms with Crippen LogP contribution in [0, 0.1) is 17.0 Å². The lowest BCUT2D eigenvalue weighted by molar-refractivity contribution is -0.385. The van der Waals surface area contributed by atoms with E-state index in [1.165, 1.54) is 6.92 Å². The molecule has 2 N–H and O–H groups in total. The third-order valence-corrected chi connectivity index (χ3v) is 2.13. The fraction of sp³-hybridized carbons (Fsp3) is 0.333. The molecule has 7 heteroatoms. The Morgan fingerprint density at radius 2 is 2.00 bits per heavy atom. The van der Waals surface area contributed by atoms with Crippen molar-refractivity contribution in [2.75, 3.05) is 0 Å². The van der Waals surface area contributed by atoms with Crippen LogP contribution in [-0.4, -0.2) is 11.1 Å². The molecule has 1 atom stereocenters. The number of nitrogens with two attached hydrogens (primary N) is 1. The lowest BCUT2D eigenvalue weighted by Crippen LogP contribution is -2.28. The molecule has 0 aliphatic carbocycles. The van der Waals surface area contributed by atoms with E-state index in [-0.39, 0.29) is 16.8 Å². The van der Waals surface area contributed by atoms with Crippen LogP contribution in [0.5, 0.6) is 0 Å². The quantitative estimate of drug-likeness (QED) is 0.631. The molecular formula is C9H9F3N2O2. The van der Waals surface area contributed by atoms with Crippen LogP contribution in [0.25, 0.3) is 0 Å². The van der Waals surface area contributed by atoms with Crippen molar-refractivity contribution in [1.29, 1.82) is 0 Å². The summed E-state index contributed by atoms with van der Waals surface area (Å²) in [7, 11) is 0. The lowest BCUT2D eigenvalue weighted by Gasteiger charge is -2.16. The van der Waals surface area contributed by atoms with Gasteiger partial charge in [0.15, 0.2) is 0 Å². The first-order chi connectivity index (χ1) is 7.23. The highest BCUT2D eigenvalue weighted by Crippen LogP contribution is 2.32. The standard InChI is InChI=1S/C9H9F3N2O2/c1-5-4-6(8(13)9(10,11)12)2-3-7(5)14(15)16/h2-4,8H,13H2,1H3. The van der Waals surface area contributed by atoms with Gasteiger partial charge in [0.25, 0.3) is 5.69 Å². The van der Waals surface area contributed by atoms with Gasteiger partial charge < -0.3 is 5.73 Å². The van der Waals surface area contributed by atoms with E-state index >= 15 is 0 Å². The first-order valence-corrected chi connectivity index (χ1v) is 4.30. The summed E-state index contributed by atoms with van der Waals surface area (Å²) in [6.07, 6.45) is -4.55. The van der Waals surface area contributed by atoms with Crippen LogP contribution >= 0.6 is 0 Å². The lowest BCUT2D eigenvalue weighted by atomic mass is 10.0. The smallest absolute Gasteiger partial charge is 0.316 e. The maximum atomic E-state index is 12.3. The summed E-state index contributed by atoms with van der Waals surface area (Å²) in [6.45, 7) is 1.37. The first kappa shape index (κ1) is 12.4. The Kier molecular flexibility index (Phi) is 3.18. The Labute approximate surface area is 89.0 Å². The van der Waals surface area contributed by atoms with Crippen LogP contribution in [0.2, 0.25) is 0 Å². The second-order valence-corrected chi connectivity index (χ2v) is 3.32. The molecule has 0 aliphatic rings. The number of halogens is 3. The minimum absolute atomic E-state index is 0.155. The van der Waals surface area contributed by atoms with Crippen LogP contribution in [0.1, 0.15) is 17.2 Å². The number of rotatable bonds is 2. The molecule has 1 aromatic rings.